The zero-order valence-electron chi connectivity index (χ0n) is 10.2. The highest BCUT2D eigenvalue weighted by Gasteiger charge is 2.51. The first-order chi connectivity index (χ1) is 7.06. The number of nitrogens with zero attached hydrogens (tertiary/aromatic N) is 1. The lowest BCUT2D eigenvalue weighted by Gasteiger charge is -2.34. The molecule has 0 heterocycles. The van der Waals surface area contributed by atoms with Gasteiger partial charge in [-0.25, -0.2) is 4.79 Å². The van der Waals surface area contributed by atoms with Crippen molar-refractivity contribution in [3.63, 3.8) is 0 Å². The van der Waals surface area contributed by atoms with Crippen LogP contribution >= 0.6 is 0 Å². The summed E-state index contributed by atoms with van der Waals surface area (Å²) in [6.45, 7) is 3.52. The van der Waals surface area contributed by atoms with Gasteiger partial charge in [-0.2, -0.15) is 0 Å². The third-order valence-corrected chi connectivity index (χ3v) is 2.88. The van der Waals surface area contributed by atoms with Gasteiger partial charge in [-0.3, -0.25) is 0 Å². The second-order valence-electron chi connectivity index (χ2n) is 4.51. The molecule has 0 amide bonds. The highest BCUT2D eigenvalue weighted by molar-refractivity contribution is 5.82. The van der Waals surface area contributed by atoms with E-state index in [1.165, 1.54) is 7.11 Å². The van der Waals surface area contributed by atoms with Gasteiger partial charge in [0.25, 0.3) is 0 Å². The third kappa shape index (κ3) is 2.69. The van der Waals surface area contributed by atoms with E-state index in [4.69, 9.17) is 4.74 Å². The van der Waals surface area contributed by atoms with Gasteiger partial charge < -0.3 is 15.0 Å². The van der Waals surface area contributed by atoms with E-state index in [2.05, 4.69) is 5.32 Å². The molecule has 1 aliphatic carbocycles. The predicted octanol–water partition coefficient (Wildman–Crippen LogP) is 0.479. The van der Waals surface area contributed by atoms with E-state index >= 15 is 0 Å². The van der Waals surface area contributed by atoms with Crippen LogP contribution in [0.15, 0.2) is 0 Å². The largest absolute Gasteiger partial charge is 0.468 e. The van der Waals surface area contributed by atoms with Crippen molar-refractivity contribution in [1.29, 1.82) is 0 Å². The molecule has 88 valence electrons. The molecule has 1 N–H and O–H groups in total. The average Bonchev–Trinajstić information content (AvgIpc) is 2.98. The quantitative estimate of drug-likeness (QED) is 0.653. The number of carbonyl (C=O) groups is 1. The lowest BCUT2D eigenvalue weighted by Crippen LogP contribution is -2.60. The minimum atomic E-state index is -0.493. The monoisotopic (exact) mass is 214 g/mol. The van der Waals surface area contributed by atoms with E-state index in [9.17, 15) is 4.79 Å². The van der Waals surface area contributed by atoms with Crippen LogP contribution in [0.25, 0.3) is 0 Å². The van der Waals surface area contributed by atoms with Crippen molar-refractivity contribution in [2.75, 3.05) is 34.3 Å². The summed E-state index contributed by atoms with van der Waals surface area (Å²) < 4.78 is 4.94. The number of rotatable bonds is 6. The summed E-state index contributed by atoms with van der Waals surface area (Å²) in [5.74, 6) is 0.313. The van der Waals surface area contributed by atoms with Crippen LogP contribution in [0.2, 0.25) is 0 Å². The molecule has 4 heteroatoms. The Morgan fingerprint density at radius 3 is 2.47 bits per heavy atom. The molecule has 1 atom stereocenters. The first kappa shape index (κ1) is 12.5. The normalized spacial score (nSPS) is 20.1. The molecule has 0 aliphatic heterocycles. The van der Waals surface area contributed by atoms with Gasteiger partial charge in [0.1, 0.15) is 5.54 Å². The first-order valence-corrected chi connectivity index (χ1v) is 5.55. The van der Waals surface area contributed by atoms with Crippen LogP contribution < -0.4 is 5.32 Å². The second kappa shape index (κ2) is 4.94. The second-order valence-corrected chi connectivity index (χ2v) is 4.51. The maximum atomic E-state index is 11.9. The van der Waals surface area contributed by atoms with Crippen LogP contribution in [0.4, 0.5) is 0 Å². The standard InChI is InChI=1S/C11H22N2O2/c1-5-12-11(8-13(2)3,9-6-7-9)10(14)15-4/h9,12H,5-8H2,1-4H3. The van der Waals surface area contributed by atoms with Gasteiger partial charge in [-0.1, -0.05) is 6.92 Å². The summed E-state index contributed by atoms with van der Waals surface area (Å²) in [5.41, 5.74) is -0.493. The SMILES string of the molecule is CCNC(CN(C)C)(C(=O)OC)C1CC1. The molecule has 1 saturated carbocycles. The molecule has 1 unspecified atom stereocenters. The Hall–Kier alpha value is -0.610. The lowest BCUT2D eigenvalue weighted by atomic mass is 9.92. The summed E-state index contributed by atoms with van der Waals surface area (Å²) in [7, 11) is 5.43. The van der Waals surface area contributed by atoms with Crippen molar-refractivity contribution < 1.29 is 9.53 Å². The van der Waals surface area contributed by atoms with E-state index in [0.717, 1.165) is 19.4 Å². The lowest BCUT2D eigenvalue weighted by molar-refractivity contribution is -0.150. The summed E-state index contributed by atoms with van der Waals surface area (Å²) in [6, 6.07) is 0. The Morgan fingerprint density at radius 2 is 2.13 bits per heavy atom. The smallest absolute Gasteiger partial charge is 0.327 e. The van der Waals surface area contributed by atoms with Gasteiger partial charge >= 0.3 is 5.97 Å². The van der Waals surface area contributed by atoms with Crippen LogP contribution in [0, 0.1) is 5.92 Å². The molecule has 0 radical (unpaired) electrons. The van der Waals surface area contributed by atoms with Crippen LogP contribution in [0.5, 0.6) is 0 Å². The molecule has 0 aromatic rings. The number of hydrogen-bond donors (Lipinski definition) is 1. The van der Waals surface area contributed by atoms with Gasteiger partial charge in [0.15, 0.2) is 0 Å². The summed E-state index contributed by atoms with van der Waals surface area (Å²) in [4.78, 5) is 14.0. The molecule has 0 spiro atoms. The highest BCUT2D eigenvalue weighted by atomic mass is 16.5. The number of hydrogen-bond acceptors (Lipinski definition) is 4. The summed E-state index contributed by atoms with van der Waals surface area (Å²) in [5, 5.41) is 3.32. The topological polar surface area (TPSA) is 41.6 Å². The van der Waals surface area contributed by atoms with Crippen molar-refractivity contribution in [2.45, 2.75) is 25.3 Å². The number of ether oxygens (including phenoxy) is 1. The zero-order valence-corrected chi connectivity index (χ0v) is 10.2. The Bertz CT molecular complexity index is 227. The van der Waals surface area contributed by atoms with Gasteiger partial charge in [0.05, 0.1) is 7.11 Å². The number of esters is 1. The van der Waals surface area contributed by atoms with Crippen molar-refractivity contribution >= 4 is 5.97 Å². The fourth-order valence-electron chi connectivity index (χ4n) is 2.21. The molecule has 0 bridgehead atoms. The van der Waals surface area contributed by atoms with Gasteiger partial charge in [0, 0.05) is 6.54 Å². The number of likely N-dealkylation sites (N-methyl/N-ethyl adjacent to an activating group) is 2. The van der Waals surface area contributed by atoms with Gasteiger partial charge in [0.2, 0.25) is 0 Å². The third-order valence-electron chi connectivity index (χ3n) is 2.88. The Morgan fingerprint density at radius 1 is 1.53 bits per heavy atom. The molecule has 0 aromatic heterocycles. The fourth-order valence-corrected chi connectivity index (χ4v) is 2.21. The average molecular weight is 214 g/mol. The highest BCUT2D eigenvalue weighted by Crippen LogP contribution is 2.40. The predicted molar refractivity (Wildman–Crippen MR) is 59.7 cm³/mol. The molecule has 0 aromatic carbocycles. The Balaban J connectivity index is 2.82. The number of methoxy groups -OCH3 is 1. The van der Waals surface area contributed by atoms with E-state index in [1.807, 2.05) is 25.9 Å². The Kier molecular flexibility index (Phi) is 4.11. The van der Waals surface area contributed by atoms with Crippen LogP contribution in [-0.2, 0) is 9.53 Å². The van der Waals surface area contributed by atoms with Crippen LogP contribution in [0.1, 0.15) is 19.8 Å². The maximum absolute atomic E-state index is 11.9. The van der Waals surface area contributed by atoms with Crippen molar-refractivity contribution in [2.24, 2.45) is 5.92 Å². The van der Waals surface area contributed by atoms with Crippen LogP contribution in [-0.4, -0.2) is 50.7 Å². The summed E-state index contributed by atoms with van der Waals surface area (Å²) >= 11 is 0. The molecule has 4 nitrogen and oxygen atoms in total. The molecule has 15 heavy (non-hydrogen) atoms. The van der Waals surface area contributed by atoms with E-state index in [-0.39, 0.29) is 5.97 Å². The summed E-state index contributed by atoms with van der Waals surface area (Å²) in [6.07, 6.45) is 2.24. The molecular weight excluding hydrogens is 192 g/mol. The molecule has 1 aliphatic rings. The Labute approximate surface area is 92.0 Å². The molecule has 1 fully saturated rings. The minimum absolute atomic E-state index is 0.124. The van der Waals surface area contributed by atoms with E-state index < -0.39 is 5.54 Å². The number of nitrogens with one attached hydrogen (secondary N) is 1. The van der Waals surface area contributed by atoms with Crippen LogP contribution in [0.3, 0.4) is 0 Å². The van der Waals surface area contributed by atoms with Crippen molar-refractivity contribution in [1.82, 2.24) is 10.2 Å². The van der Waals surface area contributed by atoms with E-state index in [1.54, 1.807) is 0 Å². The van der Waals surface area contributed by atoms with Gasteiger partial charge in [-0.15, -0.1) is 0 Å². The molecule has 0 saturated heterocycles. The maximum Gasteiger partial charge on any atom is 0.327 e. The van der Waals surface area contributed by atoms with Gasteiger partial charge in [-0.05, 0) is 39.4 Å². The number of carbonyl (C=O) groups excluding carboxylic acids is 1. The fraction of sp³-hybridized carbons (Fsp3) is 0.909. The van der Waals surface area contributed by atoms with Crippen molar-refractivity contribution in [3.8, 4) is 0 Å². The molecular formula is C11H22N2O2. The zero-order chi connectivity index (χ0) is 11.5. The molecule has 1 rings (SSSR count). The minimum Gasteiger partial charge on any atom is -0.468 e. The van der Waals surface area contributed by atoms with Crippen molar-refractivity contribution in [3.05, 3.63) is 0 Å². The first-order valence-electron chi connectivity index (χ1n) is 5.55. The van der Waals surface area contributed by atoms with E-state index in [0.29, 0.717) is 12.5 Å².